The SMILES string of the molecule is C=CC(=O)OCCn1c(C)cc(C)cc1=O. The van der Waals surface area contributed by atoms with E-state index in [1.165, 1.54) is 0 Å². The van der Waals surface area contributed by atoms with E-state index < -0.39 is 5.97 Å². The summed E-state index contributed by atoms with van der Waals surface area (Å²) in [5.74, 6) is -0.474. The van der Waals surface area contributed by atoms with Crippen molar-refractivity contribution < 1.29 is 9.53 Å². The van der Waals surface area contributed by atoms with Crippen molar-refractivity contribution in [3.05, 3.63) is 46.4 Å². The van der Waals surface area contributed by atoms with Crippen molar-refractivity contribution in [2.75, 3.05) is 6.61 Å². The van der Waals surface area contributed by atoms with Gasteiger partial charge in [-0.15, -0.1) is 0 Å². The van der Waals surface area contributed by atoms with Gasteiger partial charge in [-0.1, -0.05) is 6.58 Å². The molecular weight excluding hydrogens is 206 g/mol. The Labute approximate surface area is 94.2 Å². The zero-order valence-electron chi connectivity index (χ0n) is 9.53. The minimum Gasteiger partial charge on any atom is -0.461 e. The Morgan fingerprint density at radius 3 is 2.75 bits per heavy atom. The Bertz CT molecular complexity index is 460. The van der Waals surface area contributed by atoms with Gasteiger partial charge in [0.05, 0.1) is 6.54 Å². The molecule has 0 aromatic carbocycles. The maximum Gasteiger partial charge on any atom is 0.330 e. The van der Waals surface area contributed by atoms with Gasteiger partial charge in [-0.25, -0.2) is 4.79 Å². The van der Waals surface area contributed by atoms with Gasteiger partial charge in [-0.2, -0.15) is 0 Å². The number of aromatic nitrogens is 1. The van der Waals surface area contributed by atoms with Crippen LogP contribution in [0.25, 0.3) is 0 Å². The van der Waals surface area contributed by atoms with E-state index in [4.69, 9.17) is 4.74 Å². The number of carbonyl (C=O) groups is 1. The van der Waals surface area contributed by atoms with Gasteiger partial charge in [0.2, 0.25) is 0 Å². The minimum atomic E-state index is -0.474. The number of hydrogen-bond donors (Lipinski definition) is 0. The van der Waals surface area contributed by atoms with Crippen molar-refractivity contribution in [1.82, 2.24) is 4.57 Å². The van der Waals surface area contributed by atoms with Gasteiger partial charge in [0, 0.05) is 17.8 Å². The first kappa shape index (κ1) is 12.2. The number of pyridine rings is 1. The van der Waals surface area contributed by atoms with Gasteiger partial charge in [0.1, 0.15) is 6.61 Å². The quantitative estimate of drug-likeness (QED) is 0.567. The van der Waals surface area contributed by atoms with Crippen molar-refractivity contribution in [3.8, 4) is 0 Å². The topological polar surface area (TPSA) is 48.3 Å². The third kappa shape index (κ3) is 3.08. The van der Waals surface area contributed by atoms with E-state index in [1.807, 2.05) is 19.9 Å². The van der Waals surface area contributed by atoms with Crippen LogP contribution in [-0.4, -0.2) is 17.1 Å². The lowest BCUT2D eigenvalue weighted by atomic mass is 10.2. The average Bonchev–Trinajstić information content (AvgIpc) is 2.21. The zero-order chi connectivity index (χ0) is 12.1. The standard InChI is InChI=1S/C12H15NO3/c1-4-12(15)16-6-5-13-10(3)7-9(2)8-11(13)14/h4,7-8H,1,5-6H2,2-3H3. The number of hydrogen-bond acceptors (Lipinski definition) is 3. The van der Waals surface area contributed by atoms with Crippen LogP contribution in [0.1, 0.15) is 11.3 Å². The number of ether oxygens (including phenoxy) is 1. The Hall–Kier alpha value is -1.84. The van der Waals surface area contributed by atoms with Gasteiger partial charge >= 0.3 is 5.97 Å². The summed E-state index contributed by atoms with van der Waals surface area (Å²) in [4.78, 5) is 22.4. The first-order valence-corrected chi connectivity index (χ1v) is 5.02. The molecule has 0 N–H and O–H groups in total. The molecule has 0 aliphatic rings. The number of esters is 1. The fraction of sp³-hybridized carbons (Fsp3) is 0.333. The highest BCUT2D eigenvalue weighted by Gasteiger charge is 2.02. The lowest BCUT2D eigenvalue weighted by molar-refractivity contribution is -0.138. The van der Waals surface area contributed by atoms with Gasteiger partial charge in [0.25, 0.3) is 5.56 Å². The van der Waals surface area contributed by atoms with Crippen LogP contribution < -0.4 is 5.56 Å². The summed E-state index contributed by atoms with van der Waals surface area (Å²) in [6.07, 6.45) is 1.10. The Morgan fingerprint density at radius 1 is 1.50 bits per heavy atom. The van der Waals surface area contributed by atoms with Crippen LogP contribution in [0.15, 0.2) is 29.6 Å². The third-order valence-corrected chi connectivity index (χ3v) is 2.21. The number of carbonyl (C=O) groups excluding carboxylic acids is 1. The lowest BCUT2D eigenvalue weighted by Crippen LogP contribution is -2.24. The summed E-state index contributed by atoms with van der Waals surface area (Å²) in [5, 5.41) is 0. The van der Waals surface area contributed by atoms with Crippen molar-refractivity contribution in [2.45, 2.75) is 20.4 Å². The average molecular weight is 221 g/mol. The second-order valence-electron chi connectivity index (χ2n) is 3.54. The van der Waals surface area contributed by atoms with E-state index in [1.54, 1.807) is 10.6 Å². The molecule has 86 valence electrons. The van der Waals surface area contributed by atoms with Crippen molar-refractivity contribution >= 4 is 5.97 Å². The highest BCUT2D eigenvalue weighted by molar-refractivity contribution is 5.81. The summed E-state index contributed by atoms with van der Waals surface area (Å²) in [6.45, 7) is 7.55. The maximum atomic E-state index is 11.6. The number of rotatable bonds is 4. The Kier molecular flexibility index (Phi) is 4.05. The second-order valence-corrected chi connectivity index (χ2v) is 3.54. The van der Waals surface area contributed by atoms with Crippen LogP contribution >= 0.6 is 0 Å². The highest BCUT2D eigenvalue weighted by Crippen LogP contribution is 1.99. The van der Waals surface area contributed by atoms with E-state index in [-0.39, 0.29) is 12.2 Å². The van der Waals surface area contributed by atoms with Crippen LogP contribution in [0.4, 0.5) is 0 Å². The first-order chi connectivity index (χ1) is 7.54. The molecule has 1 aromatic rings. The predicted octanol–water partition coefficient (Wildman–Crippen LogP) is 1.19. The fourth-order valence-electron chi connectivity index (χ4n) is 1.48. The van der Waals surface area contributed by atoms with Gasteiger partial charge in [0.15, 0.2) is 0 Å². The molecule has 0 saturated heterocycles. The minimum absolute atomic E-state index is 0.0767. The van der Waals surface area contributed by atoms with Crippen LogP contribution in [0.3, 0.4) is 0 Å². The summed E-state index contributed by atoms with van der Waals surface area (Å²) in [7, 11) is 0. The normalized spacial score (nSPS) is 9.88. The van der Waals surface area contributed by atoms with E-state index in [2.05, 4.69) is 6.58 Å². The van der Waals surface area contributed by atoms with E-state index in [0.717, 1.165) is 17.3 Å². The summed E-state index contributed by atoms with van der Waals surface area (Å²) in [6, 6.07) is 3.47. The number of aryl methyl sites for hydroxylation is 2. The molecule has 0 fully saturated rings. The molecule has 0 saturated carbocycles. The van der Waals surface area contributed by atoms with Crippen LogP contribution in [0, 0.1) is 13.8 Å². The first-order valence-electron chi connectivity index (χ1n) is 5.02. The molecule has 0 spiro atoms. The zero-order valence-corrected chi connectivity index (χ0v) is 9.53. The van der Waals surface area contributed by atoms with Gasteiger partial charge in [-0.05, 0) is 25.5 Å². The molecule has 4 heteroatoms. The molecule has 0 unspecified atom stereocenters. The van der Waals surface area contributed by atoms with Gasteiger partial charge < -0.3 is 9.30 Å². The molecule has 0 amide bonds. The molecule has 4 nitrogen and oxygen atoms in total. The predicted molar refractivity (Wildman–Crippen MR) is 61.3 cm³/mol. The summed E-state index contributed by atoms with van der Waals surface area (Å²) >= 11 is 0. The molecule has 0 aliphatic carbocycles. The number of nitrogens with zero attached hydrogens (tertiary/aromatic N) is 1. The second kappa shape index (κ2) is 5.30. The largest absolute Gasteiger partial charge is 0.461 e. The molecule has 0 radical (unpaired) electrons. The van der Waals surface area contributed by atoms with E-state index in [0.29, 0.717) is 6.54 Å². The smallest absolute Gasteiger partial charge is 0.330 e. The highest BCUT2D eigenvalue weighted by atomic mass is 16.5. The molecule has 0 aliphatic heterocycles. The van der Waals surface area contributed by atoms with Crippen molar-refractivity contribution in [2.24, 2.45) is 0 Å². The summed E-state index contributed by atoms with van der Waals surface area (Å²) < 4.78 is 6.39. The molecule has 0 atom stereocenters. The molecular formula is C12H15NO3. The maximum absolute atomic E-state index is 11.6. The van der Waals surface area contributed by atoms with Gasteiger partial charge in [-0.3, -0.25) is 4.79 Å². The van der Waals surface area contributed by atoms with Crippen molar-refractivity contribution in [1.29, 1.82) is 0 Å². The third-order valence-electron chi connectivity index (χ3n) is 2.21. The van der Waals surface area contributed by atoms with Crippen LogP contribution in [-0.2, 0) is 16.1 Å². The Morgan fingerprint density at radius 2 is 2.19 bits per heavy atom. The monoisotopic (exact) mass is 221 g/mol. The molecule has 1 aromatic heterocycles. The summed E-state index contributed by atoms with van der Waals surface area (Å²) in [5.41, 5.74) is 1.72. The van der Waals surface area contributed by atoms with Crippen LogP contribution in [0.2, 0.25) is 0 Å². The van der Waals surface area contributed by atoms with Crippen LogP contribution in [0.5, 0.6) is 0 Å². The molecule has 16 heavy (non-hydrogen) atoms. The van der Waals surface area contributed by atoms with Crippen molar-refractivity contribution in [3.63, 3.8) is 0 Å². The molecule has 0 bridgehead atoms. The fourth-order valence-corrected chi connectivity index (χ4v) is 1.48. The van der Waals surface area contributed by atoms with E-state index >= 15 is 0 Å². The molecule has 1 rings (SSSR count). The Balaban J connectivity index is 2.71. The lowest BCUT2D eigenvalue weighted by Gasteiger charge is -2.10. The van der Waals surface area contributed by atoms with E-state index in [9.17, 15) is 9.59 Å². The molecule has 1 heterocycles.